The number of rotatable bonds is 1. The highest BCUT2D eigenvalue weighted by atomic mass is 16.6. The van der Waals surface area contributed by atoms with Crippen molar-refractivity contribution in [3.8, 4) is 11.5 Å². The SMILES string of the molecule is C[C@H]1CC(=O)O[C@@H]1c1oc2cccc(O)c2c(=O)c1O. The zero-order chi connectivity index (χ0) is 14.4. The van der Waals surface area contributed by atoms with E-state index in [9.17, 15) is 19.8 Å². The van der Waals surface area contributed by atoms with Crippen LogP contribution in [-0.2, 0) is 9.53 Å². The van der Waals surface area contributed by atoms with E-state index in [-0.39, 0.29) is 34.8 Å². The Morgan fingerprint density at radius 3 is 2.65 bits per heavy atom. The number of carbonyl (C=O) groups excluding carboxylic acids is 1. The zero-order valence-electron chi connectivity index (χ0n) is 10.6. The summed E-state index contributed by atoms with van der Waals surface area (Å²) in [6.45, 7) is 1.77. The van der Waals surface area contributed by atoms with Crippen molar-refractivity contribution in [2.45, 2.75) is 19.4 Å². The number of cyclic esters (lactones) is 1. The minimum atomic E-state index is -0.790. The lowest BCUT2D eigenvalue weighted by Crippen LogP contribution is -2.11. The maximum absolute atomic E-state index is 12.1. The van der Waals surface area contributed by atoms with Crippen molar-refractivity contribution in [3.63, 3.8) is 0 Å². The first-order valence-electron chi connectivity index (χ1n) is 6.16. The van der Waals surface area contributed by atoms with E-state index in [2.05, 4.69) is 0 Å². The van der Waals surface area contributed by atoms with E-state index in [1.807, 2.05) is 0 Å². The van der Waals surface area contributed by atoms with Gasteiger partial charge in [0.05, 0.1) is 6.42 Å². The Morgan fingerprint density at radius 2 is 2.00 bits per heavy atom. The second-order valence-electron chi connectivity index (χ2n) is 4.89. The van der Waals surface area contributed by atoms with Crippen molar-refractivity contribution < 1.29 is 24.2 Å². The van der Waals surface area contributed by atoms with E-state index in [0.29, 0.717) is 0 Å². The lowest BCUT2D eigenvalue weighted by atomic mass is 10.0. The standard InChI is InChI=1S/C14H12O6/c1-6-5-9(16)20-13(6)14-12(18)11(17)10-7(15)3-2-4-8(10)19-14/h2-4,6,13,15,18H,5H2,1H3/t6-,13-/m0/s1. The van der Waals surface area contributed by atoms with E-state index in [0.717, 1.165) is 0 Å². The number of aromatic hydroxyl groups is 2. The van der Waals surface area contributed by atoms with E-state index < -0.39 is 23.3 Å². The first-order valence-corrected chi connectivity index (χ1v) is 6.16. The molecule has 104 valence electrons. The highest BCUT2D eigenvalue weighted by Crippen LogP contribution is 2.39. The molecular formula is C14H12O6. The summed E-state index contributed by atoms with van der Waals surface area (Å²) in [5, 5.41) is 19.6. The molecule has 1 aromatic heterocycles. The van der Waals surface area contributed by atoms with Gasteiger partial charge in [-0.05, 0) is 12.1 Å². The Bertz CT molecular complexity index is 760. The molecule has 1 saturated heterocycles. The number of esters is 1. The fourth-order valence-electron chi connectivity index (χ4n) is 2.41. The van der Waals surface area contributed by atoms with Gasteiger partial charge in [0, 0.05) is 5.92 Å². The average molecular weight is 276 g/mol. The minimum Gasteiger partial charge on any atom is -0.507 e. The Labute approximate surface area is 113 Å². The number of hydrogen-bond acceptors (Lipinski definition) is 6. The Morgan fingerprint density at radius 1 is 1.25 bits per heavy atom. The maximum Gasteiger partial charge on any atom is 0.306 e. The predicted molar refractivity (Wildman–Crippen MR) is 68.4 cm³/mol. The van der Waals surface area contributed by atoms with Crippen LogP contribution in [0.5, 0.6) is 11.5 Å². The summed E-state index contributed by atoms with van der Waals surface area (Å²) < 4.78 is 10.6. The molecule has 0 aliphatic carbocycles. The van der Waals surface area contributed by atoms with Gasteiger partial charge < -0.3 is 19.4 Å². The molecule has 0 spiro atoms. The lowest BCUT2D eigenvalue weighted by molar-refractivity contribution is -0.142. The first kappa shape index (κ1) is 12.5. The molecule has 2 atom stereocenters. The van der Waals surface area contributed by atoms with E-state index in [4.69, 9.17) is 9.15 Å². The smallest absolute Gasteiger partial charge is 0.306 e. The topological polar surface area (TPSA) is 97.0 Å². The molecule has 2 N–H and O–H groups in total. The van der Waals surface area contributed by atoms with Crippen LogP contribution in [0.25, 0.3) is 11.0 Å². The molecular weight excluding hydrogens is 264 g/mol. The third kappa shape index (κ3) is 1.72. The van der Waals surface area contributed by atoms with Crippen LogP contribution in [0.3, 0.4) is 0 Å². The molecule has 20 heavy (non-hydrogen) atoms. The van der Waals surface area contributed by atoms with E-state index >= 15 is 0 Å². The molecule has 1 aliphatic rings. The summed E-state index contributed by atoms with van der Waals surface area (Å²) in [5.41, 5.74) is -0.604. The number of phenolic OH excluding ortho intramolecular Hbond substituents is 1. The van der Waals surface area contributed by atoms with Crippen molar-refractivity contribution >= 4 is 16.9 Å². The summed E-state index contributed by atoms with van der Waals surface area (Å²) in [7, 11) is 0. The van der Waals surface area contributed by atoms with Gasteiger partial charge in [-0.2, -0.15) is 0 Å². The molecule has 0 bridgehead atoms. The number of ether oxygens (including phenoxy) is 1. The second kappa shape index (κ2) is 4.26. The van der Waals surface area contributed by atoms with Gasteiger partial charge in [-0.15, -0.1) is 0 Å². The Balaban J connectivity index is 2.26. The van der Waals surface area contributed by atoms with E-state index in [1.54, 1.807) is 6.92 Å². The van der Waals surface area contributed by atoms with Crippen LogP contribution < -0.4 is 5.43 Å². The van der Waals surface area contributed by atoms with Crippen LogP contribution in [0, 0.1) is 5.92 Å². The van der Waals surface area contributed by atoms with Crippen LogP contribution in [-0.4, -0.2) is 16.2 Å². The normalized spacial score (nSPS) is 22.1. The monoisotopic (exact) mass is 276 g/mol. The largest absolute Gasteiger partial charge is 0.507 e. The molecule has 0 amide bonds. The second-order valence-corrected chi connectivity index (χ2v) is 4.89. The first-order chi connectivity index (χ1) is 9.49. The summed E-state index contributed by atoms with van der Waals surface area (Å²) >= 11 is 0. The zero-order valence-corrected chi connectivity index (χ0v) is 10.6. The molecule has 1 aliphatic heterocycles. The van der Waals surface area contributed by atoms with Gasteiger partial charge in [0.25, 0.3) is 0 Å². The third-order valence-corrected chi connectivity index (χ3v) is 3.42. The molecule has 0 radical (unpaired) electrons. The van der Waals surface area contributed by atoms with Gasteiger partial charge in [0.2, 0.25) is 11.2 Å². The van der Waals surface area contributed by atoms with Gasteiger partial charge in [-0.25, -0.2) is 0 Å². The fourth-order valence-corrected chi connectivity index (χ4v) is 2.41. The Hall–Kier alpha value is -2.50. The summed E-state index contributed by atoms with van der Waals surface area (Å²) in [4.78, 5) is 23.4. The molecule has 6 heteroatoms. The van der Waals surface area contributed by atoms with Crippen molar-refractivity contribution in [2.75, 3.05) is 0 Å². The minimum absolute atomic E-state index is 0.0774. The molecule has 1 fully saturated rings. The average Bonchev–Trinajstić information content (AvgIpc) is 2.72. The van der Waals surface area contributed by atoms with Crippen molar-refractivity contribution in [1.82, 2.24) is 0 Å². The van der Waals surface area contributed by atoms with Gasteiger partial charge in [0.15, 0.2) is 11.9 Å². The van der Waals surface area contributed by atoms with Crippen molar-refractivity contribution in [1.29, 1.82) is 0 Å². The van der Waals surface area contributed by atoms with E-state index in [1.165, 1.54) is 18.2 Å². The van der Waals surface area contributed by atoms with Crippen molar-refractivity contribution in [3.05, 3.63) is 34.2 Å². The third-order valence-electron chi connectivity index (χ3n) is 3.42. The van der Waals surface area contributed by atoms with Gasteiger partial charge >= 0.3 is 5.97 Å². The molecule has 2 aromatic rings. The van der Waals surface area contributed by atoms with Crippen LogP contribution in [0.1, 0.15) is 25.2 Å². The van der Waals surface area contributed by atoms with Crippen LogP contribution >= 0.6 is 0 Å². The summed E-state index contributed by atoms with van der Waals surface area (Å²) in [5.74, 6) is -1.58. The molecule has 3 rings (SSSR count). The highest BCUT2D eigenvalue weighted by molar-refractivity contribution is 5.84. The number of benzene rings is 1. The molecule has 0 saturated carbocycles. The van der Waals surface area contributed by atoms with Crippen LogP contribution in [0.4, 0.5) is 0 Å². The number of phenols is 1. The molecule has 6 nitrogen and oxygen atoms in total. The Kier molecular flexibility index (Phi) is 2.67. The molecule has 1 aromatic carbocycles. The number of hydrogen-bond donors (Lipinski definition) is 2. The highest BCUT2D eigenvalue weighted by Gasteiger charge is 2.37. The van der Waals surface area contributed by atoms with Gasteiger partial charge in [0.1, 0.15) is 16.7 Å². The number of carbonyl (C=O) groups is 1. The van der Waals surface area contributed by atoms with Crippen molar-refractivity contribution in [2.24, 2.45) is 5.92 Å². The van der Waals surface area contributed by atoms with Gasteiger partial charge in [-0.1, -0.05) is 13.0 Å². The van der Waals surface area contributed by atoms with Crippen LogP contribution in [0.15, 0.2) is 27.4 Å². The lowest BCUT2D eigenvalue weighted by Gasteiger charge is -2.14. The summed E-state index contributed by atoms with van der Waals surface area (Å²) in [6.07, 6.45) is -0.590. The van der Waals surface area contributed by atoms with Gasteiger partial charge in [-0.3, -0.25) is 9.59 Å². The molecule has 0 unspecified atom stereocenters. The maximum atomic E-state index is 12.1. The molecule has 2 heterocycles. The number of fused-ring (bicyclic) bond motifs is 1. The van der Waals surface area contributed by atoms with Crippen LogP contribution in [0.2, 0.25) is 0 Å². The fraction of sp³-hybridized carbons (Fsp3) is 0.286. The predicted octanol–water partition coefficient (Wildman–Crippen LogP) is 1.83. The summed E-state index contributed by atoms with van der Waals surface area (Å²) in [6, 6.07) is 4.35. The quantitative estimate of drug-likeness (QED) is 0.771.